The van der Waals surface area contributed by atoms with Crippen LogP contribution >= 0.6 is 11.3 Å². The third-order valence-electron chi connectivity index (χ3n) is 3.91. The lowest BCUT2D eigenvalue weighted by atomic mass is 10.0. The maximum Gasteiger partial charge on any atom is 0.349 e. The first-order valence-corrected chi connectivity index (χ1v) is 9.66. The van der Waals surface area contributed by atoms with Gasteiger partial charge in [-0.05, 0) is 48.4 Å². The molecule has 3 rings (SSSR count). The average molecular weight is 369 g/mol. The normalized spacial score (nSPS) is 14.4. The van der Waals surface area contributed by atoms with E-state index < -0.39 is 21.8 Å². The summed E-state index contributed by atoms with van der Waals surface area (Å²) in [5.41, 5.74) is 1.49. The van der Waals surface area contributed by atoms with Crippen molar-refractivity contribution >= 4 is 33.0 Å². The van der Waals surface area contributed by atoms with E-state index in [4.69, 9.17) is 0 Å². The molecule has 0 radical (unpaired) electrons. The predicted octanol–water partition coefficient (Wildman–Crippen LogP) is 3.12. The summed E-state index contributed by atoms with van der Waals surface area (Å²) >= 11 is 0.987. The van der Waals surface area contributed by atoms with Crippen molar-refractivity contribution in [3.05, 3.63) is 45.4 Å². The summed E-state index contributed by atoms with van der Waals surface area (Å²) in [7, 11) is -2.86. The van der Waals surface area contributed by atoms with Crippen molar-refractivity contribution in [2.24, 2.45) is 0 Å². The Morgan fingerprint density at radius 3 is 2.83 bits per heavy atom. The minimum Gasteiger partial charge on any atom is -0.465 e. The summed E-state index contributed by atoms with van der Waals surface area (Å²) in [5.74, 6) is -1.28. The number of nitrogens with zero attached hydrogens (tertiary/aromatic N) is 1. The topological polar surface area (TPSA) is 63.7 Å². The molecule has 128 valence electrons. The summed E-state index contributed by atoms with van der Waals surface area (Å²) in [5, 5.41) is 1.51. The Bertz CT molecular complexity index is 905. The number of sulfonamides is 1. The number of rotatable bonds is 3. The lowest BCUT2D eigenvalue weighted by molar-refractivity contribution is 0.0602. The van der Waals surface area contributed by atoms with E-state index >= 15 is 0 Å². The number of ether oxygens (including phenoxy) is 1. The molecule has 0 atom stereocenters. The Hall–Kier alpha value is -1.93. The average Bonchev–Trinajstić information content (AvgIpc) is 3.03. The molecule has 0 amide bonds. The van der Waals surface area contributed by atoms with Crippen molar-refractivity contribution in [1.82, 2.24) is 0 Å². The van der Waals surface area contributed by atoms with Gasteiger partial charge in [0.2, 0.25) is 0 Å². The van der Waals surface area contributed by atoms with Gasteiger partial charge in [-0.1, -0.05) is 6.07 Å². The largest absolute Gasteiger partial charge is 0.465 e. The summed E-state index contributed by atoms with van der Waals surface area (Å²) in [6.07, 6.45) is 1.21. The highest BCUT2D eigenvalue weighted by molar-refractivity contribution is 7.93. The highest BCUT2D eigenvalue weighted by atomic mass is 32.2. The predicted molar refractivity (Wildman–Crippen MR) is 89.6 cm³/mol. The molecule has 2 aromatic rings. The van der Waals surface area contributed by atoms with E-state index in [2.05, 4.69) is 4.74 Å². The second kappa shape index (κ2) is 6.18. The number of anilines is 1. The van der Waals surface area contributed by atoms with Gasteiger partial charge in [0.15, 0.2) is 0 Å². The molecule has 5 nitrogen and oxygen atoms in total. The number of carbonyl (C=O) groups excluding carboxylic acids is 1. The number of halogens is 1. The molecule has 0 saturated heterocycles. The molecule has 0 spiro atoms. The Kier molecular flexibility index (Phi) is 4.35. The van der Waals surface area contributed by atoms with Crippen molar-refractivity contribution in [2.75, 3.05) is 18.0 Å². The monoisotopic (exact) mass is 369 g/mol. The smallest absolute Gasteiger partial charge is 0.349 e. The molecule has 1 aromatic heterocycles. The Morgan fingerprint density at radius 2 is 2.12 bits per heavy atom. The summed E-state index contributed by atoms with van der Waals surface area (Å²) < 4.78 is 46.3. The lowest BCUT2D eigenvalue weighted by Crippen LogP contribution is -2.36. The number of hydrogen-bond acceptors (Lipinski definition) is 5. The number of hydrogen-bond donors (Lipinski definition) is 0. The number of methoxy groups -OCH3 is 1. The summed E-state index contributed by atoms with van der Waals surface area (Å²) in [6, 6.07) is 4.48. The van der Waals surface area contributed by atoms with Crippen LogP contribution in [0.2, 0.25) is 0 Å². The van der Waals surface area contributed by atoms with Crippen LogP contribution in [0, 0.1) is 12.7 Å². The molecule has 0 bridgehead atoms. The van der Waals surface area contributed by atoms with Crippen LogP contribution in [0.3, 0.4) is 0 Å². The molecule has 1 aromatic carbocycles. The summed E-state index contributed by atoms with van der Waals surface area (Å²) in [4.78, 5) is 11.7. The minimum absolute atomic E-state index is 0.00265. The molecular formula is C16H16FNO4S2. The minimum atomic E-state index is -4.05. The highest BCUT2D eigenvalue weighted by Crippen LogP contribution is 2.36. The standard InChI is InChI=1S/C16H16FNO4S2/c1-10-8-11-4-3-6-18(14(11)12(17)9-10)24(20,21)13-5-7-23-15(13)16(19)22-2/h5,7-9H,3-4,6H2,1-2H3. The van der Waals surface area contributed by atoms with E-state index in [9.17, 15) is 17.6 Å². The molecule has 0 fully saturated rings. The number of esters is 1. The SMILES string of the molecule is COC(=O)c1sccc1S(=O)(=O)N1CCCc2cc(C)cc(F)c21. The first kappa shape index (κ1) is 16.9. The number of aryl methyl sites for hydroxylation is 2. The molecule has 2 heterocycles. The molecule has 1 aliphatic rings. The van der Waals surface area contributed by atoms with Crippen LogP contribution < -0.4 is 4.31 Å². The van der Waals surface area contributed by atoms with Crippen LogP contribution in [0.25, 0.3) is 0 Å². The number of thiophene rings is 1. The van der Waals surface area contributed by atoms with E-state index in [0.717, 1.165) is 21.2 Å². The van der Waals surface area contributed by atoms with Gasteiger partial charge in [-0.15, -0.1) is 11.3 Å². The van der Waals surface area contributed by atoms with E-state index in [-0.39, 0.29) is 22.0 Å². The van der Waals surface area contributed by atoms with Crippen molar-refractivity contribution in [1.29, 1.82) is 0 Å². The molecule has 8 heteroatoms. The number of fused-ring (bicyclic) bond motifs is 1. The second-order valence-electron chi connectivity index (χ2n) is 5.54. The van der Waals surface area contributed by atoms with Gasteiger partial charge >= 0.3 is 5.97 Å². The molecule has 0 aliphatic carbocycles. The van der Waals surface area contributed by atoms with Gasteiger partial charge < -0.3 is 4.74 Å². The maximum atomic E-state index is 14.5. The second-order valence-corrected chi connectivity index (χ2v) is 8.29. The number of carbonyl (C=O) groups is 1. The first-order chi connectivity index (χ1) is 11.4. The van der Waals surface area contributed by atoms with Gasteiger partial charge in [-0.2, -0.15) is 0 Å². The fraction of sp³-hybridized carbons (Fsp3) is 0.312. The van der Waals surface area contributed by atoms with Crippen LogP contribution in [0.5, 0.6) is 0 Å². The van der Waals surface area contributed by atoms with Crippen molar-refractivity contribution in [3.8, 4) is 0 Å². The quantitative estimate of drug-likeness (QED) is 0.780. The Balaban J connectivity index is 2.14. The van der Waals surface area contributed by atoms with Crippen molar-refractivity contribution in [3.63, 3.8) is 0 Å². The van der Waals surface area contributed by atoms with Crippen LogP contribution in [-0.2, 0) is 21.2 Å². The van der Waals surface area contributed by atoms with Gasteiger partial charge in [-0.25, -0.2) is 17.6 Å². The van der Waals surface area contributed by atoms with Crippen molar-refractivity contribution < 1.29 is 22.3 Å². The van der Waals surface area contributed by atoms with Gasteiger partial charge in [0.05, 0.1) is 12.8 Å². The van der Waals surface area contributed by atoms with Gasteiger partial charge in [0.1, 0.15) is 15.6 Å². The van der Waals surface area contributed by atoms with E-state index in [1.165, 1.54) is 24.6 Å². The molecular weight excluding hydrogens is 353 g/mol. The van der Waals surface area contributed by atoms with E-state index in [0.29, 0.717) is 18.4 Å². The highest BCUT2D eigenvalue weighted by Gasteiger charge is 2.35. The third-order valence-corrected chi connectivity index (χ3v) is 6.78. The number of benzene rings is 1. The van der Waals surface area contributed by atoms with E-state index in [1.54, 1.807) is 13.0 Å². The first-order valence-electron chi connectivity index (χ1n) is 7.34. The maximum absolute atomic E-state index is 14.5. The molecule has 1 aliphatic heterocycles. The van der Waals surface area contributed by atoms with E-state index in [1.807, 2.05) is 0 Å². The van der Waals surface area contributed by atoms with Gasteiger partial charge in [0, 0.05) is 6.54 Å². The van der Waals surface area contributed by atoms with Crippen LogP contribution in [0.15, 0.2) is 28.5 Å². The zero-order chi connectivity index (χ0) is 17.5. The zero-order valence-corrected chi connectivity index (χ0v) is 14.8. The summed E-state index contributed by atoms with van der Waals surface area (Å²) in [6.45, 7) is 1.94. The van der Waals surface area contributed by atoms with Crippen molar-refractivity contribution in [2.45, 2.75) is 24.7 Å². The lowest BCUT2D eigenvalue weighted by Gasteiger charge is -2.31. The fourth-order valence-electron chi connectivity index (χ4n) is 2.90. The molecule has 0 N–H and O–H groups in total. The third kappa shape index (κ3) is 2.69. The molecule has 24 heavy (non-hydrogen) atoms. The Labute approximate surface area is 143 Å². The molecule has 0 unspecified atom stereocenters. The van der Waals surface area contributed by atoms with Crippen LogP contribution in [0.4, 0.5) is 10.1 Å². The van der Waals surface area contributed by atoms with Crippen LogP contribution in [0.1, 0.15) is 27.2 Å². The van der Waals surface area contributed by atoms with Crippen LogP contribution in [-0.4, -0.2) is 28.0 Å². The van der Waals surface area contributed by atoms with Gasteiger partial charge in [-0.3, -0.25) is 4.31 Å². The molecule has 0 saturated carbocycles. The Morgan fingerprint density at radius 1 is 1.38 bits per heavy atom. The fourth-order valence-corrected chi connectivity index (χ4v) is 5.76. The zero-order valence-electron chi connectivity index (χ0n) is 13.2. The van der Waals surface area contributed by atoms with Gasteiger partial charge in [0.25, 0.3) is 10.0 Å².